The van der Waals surface area contributed by atoms with Gasteiger partial charge in [0, 0.05) is 32.2 Å². The first-order chi connectivity index (χ1) is 9.31. The summed E-state index contributed by atoms with van der Waals surface area (Å²) in [6.07, 6.45) is 6.34. The fourth-order valence-electron chi connectivity index (χ4n) is 4.07. The van der Waals surface area contributed by atoms with E-state index < -0.39 is 0 Å². The summed E-state index contributed by atoms with van der Waals surface area (Å²) in [7, 11) is 1.71. The molecule has 3 atom stereocenters. The first-order valence-electron chi connectivity index (χ1n) is 7.82. The van der Waals surface area contributed by atoms with E-state index in [0.29, 0.717) is 36.3 Å². The number of amides is 1. The molecule has 0 bridgehead atoms. The molecule has 4 nitrogen and oxygen atoms in total. The highest BCUT2D eigenvalue weighted by molar-refractivity contribution is 5.82. The van der Waals surface area contributed by atoms with Gasteiger partial charge in [0.2, 0.25) is 5.91 Å². The van der Waals surface area contributed by atoms with Crippen molar-refractivity contribution in [2.24, 2.45) is 17.8 Å². The Hall–Kier alpha value is -0.610. The minimum atomic E-state index is 0.354. The molecular weight excluding hydrogens is 240 g/mol. The monoisotopic (exact) mass is 266 g/mol. The van der Waals surface area contributed by atoms with E-state index in [1.165, 1.54) is 32.1 Å². The van der Waals surface area contributed by atoms with Crippen molar-refractivity contribution in [3.8, 4) is 0 Å². The van der Waals surface area contributed by atoms with Crippen LogP contribution in [0, 0.1) is 17.8 Å². The third-order valence-corrected chi connectivity index (χ3v) is 5.17. The SMILES string of the molecule is COCCN(CC1CCCN1)C(=O)C1C2CCCC21. The summed E-state index contributed by atoms with van der Waals surface area (Å²) in [5, 5.41) is 3.49. The second-order valence-corrected chi connectivity index (χ2v) is 6.35. The molecule has 1 amide bonds. The van der Waals surface area contributed by atoms with Gasteiger partial charge < -0.3 is 15.0 Å². The van der Waals surface area contributed by atoms with Gasteiger partial charge in [-0.3, -0.25) is 4.79 Å². The topological polar surface area (TPSA) is 41.6 Å². The average molecular weight is 266 g/mol. The highest BCUT2D eigenvalue weighted by atomic mass is 16.5. The predicted molar refractivity (Wildman–Crippen MR) is 73.8 cm³/mol. The van der Waals surface area contributed by atoms with Crippen molar-refractivity contribution in [3.05, 3.63) is 0 Å². The minimum absolute atomic E-state index is 0.354. The van der Waals surface area contributed by atoms with E-state index in [-0.39, 0.29) is 0 Å². The lowest BCUT2D eigenvalue weighted by Crippen LogP contribution is -2.43. The lowest BCUT2D eigenvalue weighted by atomic mass is 10.1. The Morgan fingerprint density at radius 3 is 2.68 bits per heavy atom. The van der Waals surface area contributed by atoms with Crippen molar-refractivity contribution in [2.45, 2.75) is 38.1 Å². The molecule has 0 radical (unpaired) electrons. The smallest absolute Gasteiger partial charge is 0.226 e. The van der Waals surface area contributed by atoms with Crippen LogP contribution in [0.1, 0.15) is 32.1 Å². The van der Waals surface area contributed by atoms with Gasteiger partial charge in [-0.15, -0.1) is 0 Å². The molecule has 0 aromatic rings. The molecule has 1 N–H and O–H groups in total. The van der Waals surface area contributed by atoms with E-state index in [0.717, 1.165) is 19.6 Å². The normalized spacial score (nSPS) is 36.3. The molecule has 0 spiro atoms. The molecule has 4 heteroatoms. The summed E-state index contributed by atoms with van der Waals surface area (Å²) >= 11 is 0. The molecule has 3 aliphatic rings. The van der Waals surface area contributed by atoms with Gasteiger partial charge in [-0.2, -0.15) is 0 Å². The summed E-state index contributed by atoms with van der Waals surface area (Å²) < 4.78 is 5.17. The van der Waals surface area contributed by atoms with Crippen LogP contribution in [0.4, 0.5) is 0 Å². The van der Waals surface area contributed by atoms with Crippen LogP contribution in [0.15, 0.2) is 0 Å². The first kappa shape index (κ1) is 13.4. The standard InChI is InChI=1S/C15H26N2O2/c1-19-9-8-17(10-11-4-3-7-16-11)15(18)14-12-5-2-6-13(12)14/h11-14,16H,2-10H2,1H3. The van der Waals surface area contributed by atoms with Crippen LogP contribution in [0.2, 0.25) is 0 Å². The van der Waals surface area contributed by atoms with Gasteiger partial charge in [-0.1, -0.05) is 6.42 Å². The average Bonchev–Trinajstić information content (AvgIpc) is 2.85. The second-order valence-electron chi connectivity index (χ2n) is 6.35. The maximum Gasteiger partial charge on any atom is 0.226 e. The summed E-state index contributed by atoms with van der Waals surface area (Å²) in [5.74, 6) is 2.19. The molecule has 108 valence electrons. The molecule has 0 aromatic heterocycles. The van der Waals surface area contributed by atoms with Gasteiger partial charge in [0.25, 0.3) is 0 Å². The van der Waals surface area contributed by atoms with Crippen LogP contribution in [-0.4, -0.2) is 50.2 Å². The number of ether oxygens (including phenoxy) is 1. The molecule has 3 rings (SSSR count). The lowest BCUT2D eigenvalue weighted by molar-refractivity contribution is -0.134. The van der Waals surface area contributed by atoms with Crippen LogP contribution in [0.5, 0.6) is 0 Å². The summed E-state index contributed by atoms with van der Waals surface area (Å²) in [5.41, 5.74) is 0. The summed E-state index contributed by atoms with van der Waals surface area (Å²) in [4.78, 5) is 14.7. The van der Waals surface area contributed by atoms with Crippen LogP contribution < -0.4 is 5.32 Å². The quantitative estimate of drug-likeness (QED) is 0.787. The third-order valence-electron chi connectivity index (χ3n) is 5.17. The molecule has 1 heterocycles. The number of fused-ring (bicyclic) bond motifs is 1. The predicted octanol–water partition coefficient (Wildman–Crippen LogP) is 1.26. The molecule has 0 aromatic carbocycles. The van der Waals surface area contributed by atoms with E-state index in [4.69, 9.17) is 4.74 Å². The van der Waals surface area contributed by atoms with Gasteiger partial charge in [0.15, 0.2) is 0 Å². The van der Waals surface area contributed by atoms with Gasteiger partial charge in [-0.25, -0.2) is 0 Å². The summed E-state index contributed by atoms with van der Waals surface area (Å²) in [6, 6.07) is 0.499. The molecule has 3 fully saturated rings. The van der Waals surface area contributed by atoms with Crippen molar-refractivity contribution in [1.29, 1.82) is 0 Å². The van der Waals surface area contributed by atoms with E-state index in [1.807, 2.05) is 0 Å². The van der Waals surface area contributed by atoms with E-state index in [2.05, 4.69) is 10.2 Å². The van der Waals surface area contributed by atoms with Crippen molar-refractivity contribution >= 4 is 5.91 Å². The van der Waals surface area contributed by atoms with Crippen molar-refractivity contribution < 1.29 is 9.53 Å². The first-order valence-corrected chi connectivity index (χ1v) is 7.82. The molecule has 1 saturated heterocycles. The number of hydrogen-bond donors (Lipinski definition) is 1. The lowest BCUT2D eigenvalue weighted by Gasteiger charge is -2.26. The molecule has 2 saturated carbocycles. The molecular formula is C15H26N2O2. The highest BCUT2D eigenvalue weighted by Crippen LogP contribution is 2.58. The van der Waals surface area contributed by atoms with Gasteiger partial charge in [-0.05, 0) is 44.1 Å². The Bertz CT molecular complexity index is 318. The maximum absolute atomic E-state index is 12.7. The number of hydrogen-bond acceptors (Lipinski definition) is 3. The number of carbonyl (C=O) groups excluding carboxylic acids is 1. The largest absolute Gasteiger partial charge is 0.383 e. The Balaban J connectivity index is 1.56. The number of carbonyl (C=O) groups is 1. The van der Waals surface area contributed by atoms with Gasteiger partial charge >= 0.3 is 0 Å². The van der Waals surface area contributed by atoms with Crippen LogP contribution in [0.3, 0.4) is 0 Å². The third kappa shape index (κ3) is 2.79. The van der Waals surface area contributed by atoms with Crippen LogP contribution in [0.25, 0.3) is 0 Å². The molecule has 2 aliphatic carbocycles. The van der Waals surface area contributed by atoms with E-state index in [9.17, 15) is 4.79 Å². The highest BCUT2D eigenvalue weighted by Gasteiger charge is 2.57. The van der Waals surface area contributed by atoms with Crippen LogP contribution >= 0.6 is 0 Å². The van der Waals surface area contributed by atoms with Crippen LogP contribution in [-0.2, 0) is 9.53 Å². The van der Waals surface area contributed by atoms with Crippen molar-refractivity contribution in [2.75, 3.05) is 33.4 Å². The van der Waals surface area contributed by atoms with Crippen molar-refractivity contribution in [1.82, 2.24) is 10.2 Å². The zero-order chi connectivity index (χ0) is 13.2. The molecule has 1 aliphatic heterocycles. The fraction of sp³-hybridized carbons (Fsp3) is 0.933. The molecule has 19 heavy (non-hydrogen) atoms. The zero-order valence-corrected chi connectivity index (χ0v) is 11.9. The minimum Gasteiger partial charge on any atom is -0.383 e. The Labute approximate surface area is 115 Å². The van der Waals surface area contributed by atoms with Crippen molar-refractivity contribution in [3.63, 3.8) is 0 Å². The number of nitrogens with zero attached hydrogens (tertiary/aromatic N) is 1. The Kier molecular flexibility index (Phi) is 4.08. The van der Waals surface area contributed by atoms with E-state index >= 15 is 0 Å². The Morgan fingerprint density at radius 1 is 1.26 bits per heavy atom. The summed E-state index contributed by atoms with van der Waals surface area (Å²) in [6.45, 7) is 3.38. The number of nitrogens with one attached hydrogen (secondary N) is 1. The van der Waals surface area contributed by atoms with Gasteiger partial charge in [0.1, 0.15) is 0 Å². The second kappa shape index (κ2) is 5.80. The fourth-order valence-corrected chi connectivity index (χ4v) is 4.07. The van der Waals surface area contributed by atoms with Gasteiger partial charge in [0.05, 0.1) is 6.61 Å². The Morgan fingerprint density at radius 2 is 2.05 bits per heavy atom. The van der Waals surface area contributed by atoms with E-state index in [1.54, 1.807) is 7.11 Å². The number of rotatable bonds is 6. The zero-order valence-electron chi connectivity index (χ0n) is 11.9. The maximum atomic E-state index is 12.7. The number of methoxy groups -OCH3 is 1. The molecule has 3 unspecified atom stereocenters.